The highest BCUT2D eigenvalue weighted by Crippen LogP contribution is 2.29. The van der Waals surface area contributed by atoms with Crippen LogP contribution >= 0.6 is 0 Å². The van der Waals surface area contributed by atoms with Gasteiger partial charge in [-0.2, -0.15) is 0 Å². The first-order chi connectivity index (χ1) is 17.5. The molecule has 0 aliphatic carbocycles. The number of benzene rings is 2. The molecular formula is C27H34N4O5. The Morgan fingerprint density at radius 1 is 1.03 bits per heavy atom. The number of unbranched alkanes of at least 4 members (excludes halogenated alkanes) is 1. The monoisotopic (exact) mass is 494 g/mol. The highest BCUT2D eigenvalue weighted by atomic mass is 16.5. The highest BCUT2D eigenvalue weighted by molar-refractivity contribution is 5.81. The summed E-state index contributed by atoms with van der Waals surface area (Å²) in [5.41, 5.74) is 0.837. The zero-order chi connectivity index (χ0) is 25.5. The molecule has 1 saturated heterocycles. The van der Waals surface area contributed by atoms with Crippen molar-refractivity contribution in [2.24, 2.45) is 0 Å². The number of aromatic amines is 1. The first-order valence-corrected chi connectivity index (χ1v) is 12.4. The Bertz CT molecular complexity index is 1290. The van der Waals surface area contributed by atoms with Gasteiger partial charge in [-0.1, -0.05) is 30.3 Å². The van der Waals surface area contributed by atoms with Crippen molar-refractivity contribution in [1.29, 1.82) is 0 Å². The van der Waals surface area contributed by atoms with Gasteiger partial charge in [0.15, 0.2) is 11.5 Å². The van der Waals surface area contributed by atoms with Crippen molar-refractivity contribution >= 4 is 16.8 Å². The Kier molecular flexibility index (Phi) is 8.43. The number of ether oxygens (including phenoxy) is 2. The maximum atomic E-state index is 12.9. The Labute approximate surface area is 210 Å². The molecule has 1 aromatic heterocycles. The van der Waals surface area contributed by atoms with Crippen LogP contribution in [0.4, 0.5) is 0 Å². The van der Waals surface area contributed by atoms with Gasteiger partial charge in [0.25, 0.3) is 5.56 Å². The van der Waals surface area contributed by atoms with Crippen LogP contribution in [0.5, 0.6) is 11.5 Å². The summed E-state index contributed by atoms with van der Waals surface area (Å²) in [6.07, 6.45) is 3.39. The summed E-state index contributed by atoms with van der Waals surface area (Å²) < 4.78 is 11.7. The number of aromatic nitrogens is 2. The SMILES string of the molecule is COc1cc2[nH]c(=O)n(CCCCC(=O)NC3CCN(Cc4ccccc4)CC3)c(=O)c2cc1OC. The minimum atomic E-state index is -0.480. The minimum absolute atomic E-state index is 0.0214. The fourth-order valence-corrected chi connectivity index (χ4v) is 4.72. The molecule has 9 heteroatoms. The predicted octanol–water partition coefficient (Wildman–Crippen LogP) is 2.66. The lowest BCUT2D eigenvalue weighted by Gasteiger charge is -2.32. The first kappa shape index (κ1) is 25.5. The number of piperidine rings is 1. The Balaban J connectivity index is 1.24. The summed E-state index contributed by atoms with van der Waals surface area (Å²) in [6.45, 7) is 3.10. The van der Waals surface area contributed by atoms with Crippen LogP contribution in [0, 0.1) is 0 Å². The second kappa shape index (κ2) is 11.9. The van der Waals surface area contributed by atoms with Crippen LogP contribution in [0.15, 0.2) is 52.1 Å². The van der Waals surface area contributed by atoms with Gasteiger partial charge in [0.05, 0.1) is 25.1 Å². The molecule has 0 radical (unpaired) electrons. The van der Waals surface area contributed by atoms with E-state index in [2.05, 4.69) is 39.5 Å². The van der Waals surface area contributed by atoms with Crippen LogP contribution in [0.2, 0.25) is 0 Å². The molecule has 4 rings (SSSR count). The number of nitrogens with one attached hydrogen (secondary N) is 2. The molecule has 0 spiro atoms. The van der Waals surface area contributed by atoms with E-state index in [4.69, 9.17) is 9.47 Å². The van der Waals surface area contributed by atoms with Gasteiger partial charge in [-0.15, -0.1) is 0 Å². The molecule has 192 valence electrons. The average molecular weight is 495 g/mol. The number of likely N-dealkylation sites (tertiary alicyclic amines) is 1. The number of methoxy groups -OCH3 is 2. The van der Waals surface area contributed by atoms with Crippen LogP contribution in [-0.4, -0.2) is 53.7 Å². The molecular weight excluding hydrogens is 460 g/mol. The number of rotatable bonds is 10. The molecule has 0 unspecified atom stereocenters. The molecule has 2 N–H and O–H groups in total. The molecule has 1 aliphatic heterocycles. The fraction of sp³-hybridized carbons (Fsp3) is 0.444. The molecule has 9 nitrogen and oxygen atoms in total. The second-order valence-corrected chi connectivity index (χ2v) is 9.20. The molecule has 0 bridgehead atoms. The summed E-state index contributed by atoms with van der Waals surface area (Å²) in [7, 11) is 2.99. The number of carbonyl (C=O) groups excluding carboxylic acids is 1. The number of amides is 1. The van der Waals surface area contributed by atoms with Crippen LogP contribution < -0.4 is 26.0 Å². The topological polar surface area (TPSA) is 106 Å². The van der Waals surface area contributed by atoms with Crippen LogP contribution in [-0.2, 0) is 17.9 Å². The first-order valence-electron chi connectivity index (χ1n) is 12.4. The van der Waals surface area contributed by atoms with E-state index in [9.17, 15) is 14.4 Å². The third-order valence-electron chi connectivity index (χ3n) is 6.72. The van der Waals surface area contributed by atoms with E-state index in [1.54, 1.807) is 12.1 Å². The van der Waals surface area contributed by atoms with Crippen molar-refractivity contribution in [2.75, 3.05) is 27.3 Å². The van der Waals surface area contributed by atoms with E-state index in [1.807, 2.05) is 6.07 Å². The molecule has 0 atom stereocenters. The van der Waals surface area contributed by atoms with E-state index < -0.39 is 5.69 Å². The largest absolute Gasteiger partial charge is 0.493 e. The summed E-state index contributed by atoms with van der Waals surface area (Å²) in [5.74, 6) is 0.877. The van der Waals surface area contributed by atoms with Crippen LogP contribution in [0.1, 0.15) is 37.7 Å². The van der Waals surface area contributed by atoms with E-state index in [0.717, 1.165) is 32.5 Å². The standard InChI is InChI=1S/C27H34N4O5/c1-35-23-16-21-22(17-24(23)36-2)29-27(34)31(26(21)33)13-7-6-10-25(32)28-20-11-14-30(15-12-20)18-19-8-4-3-5-9-19/h3-5,8-9,16-17,20H,6-7,10-15,18H2,1-2H3,(H,28,32)(H,29,34). The summed E-state index contributed by atoms with van der Waals surface area (Å²) in [4.78, 5) is 43.0. The zero-order valence-corrected chi connectivity index (χ0v) is 20.9. The predicted molar refractivity (Wildman–Crippen MR) is 139 cm³/mol. The van der Waals surface area contributed by atoms with E-state index in [1.165, 1.54) is 24.4 Å². The van der Waals surface area contributed by atoms with Gasteiger partial charge < -0.3 is 19.8 Å². The quantitative estimate of drug-likeness (QED) is 0.420. The van der Waals surface area contributed by atoms with Crippen molar-refractivity contribution < 1.29 is 14.3 Å². The lowest BCUT2D eigenvalue weighted by atomic mass is 10.0. The lowest BCUT2D eigenvalue weighted by molar-refractivity contribution is -0.122. The number of hydrogen-bond acceptors (Lipinski definition) is 6. The van der Waals surface area contributed by atoms with E-state index >= 15 is 0 Å². The number of hydrogen-bond donors (Lipinski definition) is 2. The van der Waals surface area contributed by atoms with Gasteiger partial charge in [-0.25, -0.2) is 4.79 Å². The van der Waals surface area contributed by atoms with Crippen molar-refractivity contribution in [3.63, 3.8) is 0 Å². The molecule has 2 heterocycles. The van der Waals surface area contributed by atoms with E-state index in [-0.39, 0.29) is 24.1 Å². The van der Waals surface area contributed by atoms with Gasteiger partial charge in [0, 0.05) is 44.7 Å². The number of carbonyl (C=O) groups is 1. The van der Waals surface area contributed by atoms with Gasteiger partial charge in [0.1, 0.15) is 0 Å². The second-order valence-electron chi connectivity index (χ2n) is 9.20. The van der Waals surface area contributed by atoms with Crippen molar-refractivity contribution in [3.05, 3.63) is 68.9 Å². The smallest absolute Gasteiger partial charge is 0.328 e. The highest BCUT2D eigenvalue weighted by Gasteiger charge is 2.20. The van der Waals surface area contributed by atoms with Crippen molar-refractivity contribution in [1.82, 2.24) is 19.8 Å². The van der Waals surface area contributed by atoms with Gasteiger partial charge >= 0.3 is 5.69 Å². The average Bonchev–Trinajstić information content (AvgIpc) is 2.89. The Hall–Kier alpha value is -3.59. The van der Waals surface area contributed by atoms with Gasteiger partial charge in [0.2, 0.25) is 5.91 Å². The summed E-state index contributed by atoms with van der Waals surface area (Å²) >= 11 is 0. The summed E-state index contributed by atoms with van der Waals surface area (Å²) in [5, 5.41) is 3.50. The maximum absolute atomic E-state index is 12.9. The maximum Gasteiger partial charge on any atom is 0.328 e. The van der Waals surface area contributed by atoms with Gasteiger partial charge in [-0.3, -0.25) is 19.1 Å². The van der Waals surface area contributed by atoms with Crippen molar-refractivity contribution in [2.45, 2.75) is 51.2 Å². The zero-order valence-electron chi connectivity index (χ0n) is 20.9. The third-order valence-corrected chi connectivity index (χ3v) is 6.72. The Morgan fingerprint density at radius 2 is 1.72 bits per heavy atom. The molecule has 36 heavy (non-hydrogen) atoms. The Morgan fingerprint density at radius 3 is 2.42 bits per heavy atom. The molecule has 3 aromatic rings. The third kappa shape index (κ3) is 6.15. The van der Waals surface area contributed by atoms with Gasteiger partial charge in [-0.05, 0) is 37.3 Å². The molecule has 2 aromatic carbocycles. The van der Waals surface area contributed by atoms with Crippen LogP contribution in [0.25, 0.3) is 10.9 Å². The molecule has 1 fully saturated rings. The minimum Gasteiger partial charge on any atom is -0.493 e. The molecule has 1 aliphatic rings. The molecule has 0 saturated carbocycles. The number of H-pyrrole nitrogens is 1. The number of nitrogens with zero attached hydrogens (tertiary/aromatic N) is 2. The van der Waals surface area contributed by atoms with Crippen LogP contribution in [0.3, 0.4) is 0 Å². The normalized spacial score (nSPS) is 14.6. The summed E-state index contributed by atoms with van der Waals surface area (Å²) in [6, 6.07) is 13.8. The van der Waals surface area contributed by atoms with E-state index in [0.29, 0.717) is 41.7 Å². The number of fused-ring (bicyclic) bond motifs is 1. The fourth-order valence-electron chi connectivity index (χ4n) is 4.72. The molecule has 1 amide bonds. The van der Waals surface area contributed by atoms with Crippen molar-refractivity contribution in [3.8, 4) is 11.5 Å². The lowest BCUT2D eigenvalue weighted by Crippen LogP contribution is -2.44.